The number of nitro groups is 2. The van der Waals surface area contributed by atoms with Gasteiger partial charge in [-0.15, -0.1) is 0 Å². The molecule has 0 fully saturated rings. The second kappa shape index (κ2) is 29.1. The molecule has 5 aromatic carbocycles. The van der Waals surface area contributed by atoms with Gasteiger partial charge in [0, 0.05) is 34.8 Å². The number of rotatable bonds is 16. The Hall–Kier alpha value is -9.29. The molecule has 0 amide bonds. The number of nitriles is 1. The summed E-state index contributed by atoms with van der Waals surface area (Å²) < 4.78 is 21.4. The van der Waals surface area contributed by atoms with Crippen molar-refractivity contribution in [2.45, 2.75) is 4.90 Å². The number of non-ortho nitro benzene ring substituents is 2. The lowest BCUT2D eigenvalue weighted by Crippen LogP contribution is -2.09. The van der Waals surface area contributed by atoms with Gasteiger partial charge in [0.1, 0.15) is 34.1 Å². The molecule has 0 saturated carbocycles. The molecule has 6 rings (SSSR count). The minimum atomic E-state index is -1.09. The van der Waals surface area contributed by atoms with Crippen LogP contribution in [0.3, 0.4) is 0 Å². The fourth-order valence-corrected chi connectivity index (χ4v) is 4.66. The monoisotopic (exact) mass is 964 g/mol. The van der Waals surface area contributed by atoms with E-state index in [1.54, 1.807) is 72.8 Å². The number of carbonyl (C=O) groups is 4. The van der Waals surface area contributed by atoms with Gasteiger partial charge in [-0.3, -0.25) is 20.2 Å². The summed E-state index contributed by atoms with van der Waals surface area (Å²) in [6.07, 6.45) is 0. The topological polar surface area (TPSA) is 389 Å². The Morgan fingerprint density at radius 1 is 0.642 bits per heavy atom. The van der Waals surface area contributed by atoms with E-state index in [4.69, 9.17) is 67.7 Å². The normalized spacial score (nSPS) is 9.48. The van der Waals surface area contributed by atoms with Crippen LogP contribution in [0.15, 0.2) is 126 Å². The molecular weight excluding hydrogens is 929 g/mol. The van der Waals surface area contributed by atoms with Crippen LogP contribution in [0, 0.1) is 35.7 Å². The number of aliphatic carboxylic acids is 4. The fourth-order valence-electron chi connectivity index (χ4n) is 4.10. The highest BCUT2D eigenvalue weighted by Gasteiger charge is 2.06. The van der Waals surface area contributed by atoms with Crippen molar-refractivity contribution in [3.8, 4) is 39.8 Å². The van der Waals surface area contributed by atoms with E-state index in [2.05, 4.69) is 15.5 Å². The molecule has 67 heavy (non-hydrogen) atoms. The maximum atomic E-state index is 10.3. The molecular formula is C40H36N8O17S2. The van der Waals surface area contributed by atoms with E-state index in [-0.39, 0.29) is 42.7 Å². The lowest BCUT2D eigenvalue weighted by molar-refractivity contribution is -0.385. The second-order valence-corrected chi connectivity index (χ2v) is 13.1. The van der Waals surface area contributed by atoms with E-state index in [1.165, 1.54) is 53.2 Å². The number of H-pyrrole nitrogens is 1. The van der Waals surface area contributed by atoms with E-state index >= 15 is 0 Å². The highest BCUT2D eigenvalue weighted by Crippen LogP contribution is 2.21. The molecule has 8 N–H and O–H groups in total. The van der Waals surface area contributed by atoms with Gasteiger partial charge in [0.25, 0.3) is 11.4 Å². The number of ether oxygens (including phenoxy) is 4. The van der Waals surface area contributed by atoms with Crippen molar-refractivity contribution in [2.75, 3.05) is 32.2 Å². The minimum absolute atomic E-state index is 0.0159. The van der Waals surface area contributed by atoms with Gasteiger partial charge in [-0.1, -0.05) is 10.3 Å². The first kappa shape index (κ1) is 53.8. The number of benzene rings is 5. The summed E-state index contributed by atoms with van der Waals surface area (Å²) in [6, 6.07) is 30.1. The molecule has 0 aliphatic heterocycles. The van der Waals surface area contributed by atoms with Crippen molar-refractivity contribution < 1.29 is 73.5 Å². The SMILES string of the molecule is N#CSc1ccc(OCC(=O)O)cc1.Nc1ccc(OCC(=O)O)cc1.O=C(O)COc1ccc(-n2[nH]nnc2=S)cc1.O=C(O)COc1ccc([N+](=O)[O-])cc1.O=[N+]([O-])c1ccc(O)cc1. The molecule has 27 heteroatoms. The number of aromatic amines is 1. The number of thioether (sulfide) groups is 1. The largest absolute Gasteiger partial charge is 0.508 e. The number of nitro benzene ring substituents is 2. The summed E-state index contributed by atoms with van der Waals surface area (Å²) in [6.45, 7) is -1.52. The van der Waals surface area contributed by atoms with Crippen LogP contribution in [0.5, 0.6) is 28.7 Å². The number of carboxylic acids is 4. The quantitative estimate of drug-likeness (QED) is 0.0155. The third-order valence-corrected chi connectivity index (χ3v) is 7.85. The Morgan fingerprint density at radius 2 is 0.985 bits per heavy atom. The van der Waals surface area contributed by atoms with Crippen molar-refractivity contribution in [2.24, 2.45) is 0 Å². The van der Waals surface area contributed by atoms with E-state index in [9.17, 15) is 39.4 Å². The summed E-state index contributed by atoms with van der Waals surface area (Å²) >= 11 is 5.98. The number of phenols is 1. The summed E-state index contributed by atoms with van der Waals surface area (Å²) in [4.78, 5) is 60.7. The van der Waals surface area contributed by atoms with Gasteiger partial charge in [0.15, 0.2) is 26.4 Å². The number of aromatic hydroxyl groups is 1. The average molecular weight is 965 g/mol. The number of tetrazole rings is 1. The summed E-state index contributed by atoms with van der Waals surface area (Å²) in [5.74, 6) is -2.34. The molecule has 25 nitrogen and oxygen atoms in total. The van der Waals surface area contributed by atoms with Crippen LogP contribution >= 0.6 is 24.0 Å². The molecule has 0 unspecified atom stereocenters. The van der Waals surface area contributed by atoms with Crippen molar-refractivity contribution in [1.82, 2.24) is 20.2 Å². The maximum absolute atomic E-state index is 10.3. The standard InChI is InChI=1S/C9H8N4O3S.C9H7NO3S.C8H7NO5.C8H9NO3.C6H5NO3/c14-8(15)5-16-7-3-1-6(2-4-7)13-9(17)10-11-12-13;10-6-14-8-3-1-7(2-4-8)13-5-9(11)12;10-8(11)5-14-7-3-1-6(2-4-7)9(12)13;9-6-1-3-7(4-2-6)12-5-8(10)11;8-6-3-1-5(2-4-6)7(9)10/h1-4H,5H2,(H,14,15)(H,10,12,17);1-4H,5H2,(H,11,12);1-4H,5H2,(H,10,11);1-4H,5,9H2,(H,10,11);1-4,8H. The van der Waals surface area contributed by atoms with Gasteiger partial charge < -0.3 is 50.2 Å². The van der Waals surface area contributed by atoms with Crippen LogP contribution in [0.25, 0.3) is 5.69 Å². The lowest BCUT2D eigenvalue weighted by atomic mass is 10.3. The second-order valence-electron chi connectivity index (χ2n) is 11.9. The Kier molecular flexibility index (Phi) is 23.4. The van der Waals surface area contributed by atoms with Gasteiger partial charge in [0.05, 0.1) is 15.5 Å². The molecule has 0 aliphatic rings. The molecule has 1 aromatic heterocycles. The predicted octanol–water partition coefficient (Wildman–Crippen LogP) is 5.60. The Labute approximate surface area is 386 Å². The zero-order chi connectivity index (χ0) is 49.7. The molecule has 0 bridgehead atoms. The minimum Gasteiger partial charge on any atom is -0.508 e. The number of nitrogens with two attached hydrogens (primary N) is 1. The van der Waals surface area contributed by atoms with Crippen LogP contribution < -0.4 is 24.7 Å². The molecule has 0 saturated heterocycles. The Bertz CT molecular complexity index is 2620. The number of anilines is 1. The van der Waals surface area contributed by atoms with Crippen molar-refractivity contribution in [3.63, 3.8) is 0 Å². The first-order valence-electron chi connectivity index (χ1n) is 18.0. The van der Waals surface area contributed by atoms with Gasteiger partial charge >= 0.3 is 23.9 Å². The number of carboxylic acid groups (broad SMARTS) is 4. The number of nitrogens with one attached hydrogen (secondary N) is 1. The number of nitrogen functional groups attached to an aromatic ring is 1. The zero-order valence-corrected chi connectivity index (χ0v) is 35.7. The highest BCUT2D eigenvalue weighted by atomic mass is 32.2. The van der Waals surface area contributed by atoms with Crippen molar-refractivity contribution in [3.05, 3.63) is 146 Å². The Morgan fingerprint density at radius 3 is 1.31 bits per heavy atom. The highest BCUT2D eigenvalue weighted by molar-refractivity contribution is 8.03. The van der Waals surface area contributed by atoms with Crippen molar-refractivity contribution >= 4 is 64.9 Å². The Balaban J connectivity index is 0.000000291. The molecule has 6 aromatic rings. The molecule has 0 radical (unpaired) electrons. The van der Waals surface area contributed by atoms with E-state index in [0.29, 0.717) is 27.7 Å². The van der Waals surface area contributed by atoms with Crippen LogP contribution in [0.2, 0.25) is 0 Å². The van der Waals surface area contributed by atoms with E-state index in [1.807, 2.05) is 5.40 Å². The summed E-state index contributed by atoms with van der Waals surface area (Å²) in [5, 5.41) is 82.5. The number of phenolic OH excluding ortho intramolecular Hbond substituents is 1. The third kappa shape index (κ3) is 23.1. The molecule has 0 spiro atoms. The summed E-state index contributed by atoms with van der Waals surface area (Å²) in [5.41, 5.74) is 6.69. The van der Waals surface area contributed by atoms with Crippen LogP contribution in [-0.4, -0.2) is 106 Å². The van der Waals surface area contributed by atoms with Gasteiger partial charge in [-0.05, 0) is 121 Å². The molecule has 0 atom stereocenters. The number of thiocyanates is 1. The molecule has 0 aliphatic carbocycles. The number of aromatic nitrogens is 4. The number of hydrogen-bond donors (Lipinski definition) is 7. The number of hydrogen-bond acceptors (Lipinski definition) is 19. The van der Waals surface area contributed by atoms with Crippen LogP contribution in [0.1, 0.15) is 0 Å². The first-order chi connectivity index (χ1) is 31.9. The molecule has 1 heterocycles. The fraction of sp³-hybridized carbons (Fsp3) is 0.100. The third-order valence-electron chi connectivity index (χ3n) is 6.99. The zero-order valence-electron chi connectivity index (χ0n) is 34.1. The molecule has 350 valence electrons. The number of nitrogens with zero attached hydrogens (tertiary/aromatic N) is 6. The van der Waals surface area contributed by atoms with Gasteiger partial charge in [-0.25, -0.2) is 23.9 Å². The average Bonchev–Trinajstić information content (AvgIpc) is 3.74. The van der Waals surface area contributed by atoms with Crippen LogP contribution in [-0.2, 0) is 19.2 Å². The lowest BCUT2D eigenvalue weighted by Gasteiger charge is -2.04. The van der Waals surface area contributed by atoms with Gasteiger partial charge in [-0.2, -0.15) is 10.5 Å². The van der Waals surface area contributed by atoms with E-state index in [0.717, 1.165) is 22.3 Å². The van der Waals surface area contributed by atoms with Crippen molar-refractivity contribution in [1.29, 1.82) is 5.26 Å². The van der Waals surface area contributed by atoms with E-state index < -0.39 is 40.3 Å². The summed E-state index contributed by atoms with van der Waals surface area (Å²) in [7, 11) is 0. The van der Waals surface area contributed by atoms with Gasteiger partial charge in [0.2, 0.25) is 4.77 Å². The maximum Gasteiger partial charge on any atom is 0.341 e. The first-order valence-corrected chi connectivity index (χ1v) is 19.3. The predicted molar refractivity (Wildman–Crippen MR) is 236 cm³/mol. The smallest absolute Gasteiger partial charge is 0.341 e. The van der Waals surface area contributed by atoms with Crippen LogP contribution in [0.4, 0.5) is 17.1 Å².